The van der Waals surface area contributed by atoms with Crippen molar-refractivity contribution in [1.29, 1.82) is 27.7 Å². The molecule has 0 bridgehead atoms. The SMILES string of the molecule is N=[N+](O[O])C1CCCCC1.N=[N+](O[O])C1CCCCC1.N=[N+](O[O])C1CCCCC1.N=[N+](O[O])C1CCCCC1.N=[N+](O[O])C1CCCCC1.[K+].[K+].[K+].[K+].[K+].[K+].[K+].[K+].[K+].[K+].[K+].[K+].[K+].[K+].[K+].[K+].[K+].[K+].[K+].[K+].[K+].[K+].[K+].[K+].[K+].[K+].[K+].[K+].[K+].[K+].[K+].[K+].[K+].[K+].[K+].[K+].[K+].[K+].[K+].[K+].[K+].[K+].[K+].[K+].[K+].[K+].[K+].[K+].[K+].[K+]. The topological polar surface area (TPSA) is 280 Å². The Hall–Kier alpha value is 78.6. The first-order valence-electron chi connectivity index (χ1n) is 18.2. The van der Waals surface area contributed by atoms with Crippen molar-refractivity contribution in [3.05, 3.63) is 0 Å². The molecule has 0 heterocycles. The van der Waals surface area contributed by atoms with Gasteiger partial charge in [0.1, 0.15) is 24.3 Å². The van der Waals surface area contributed by atoms with Crippen LogP contribution in [-0.2, 0) is 51.2 Å². The third-order valence-electron chi connectivity index (χ3n) is 9.93. The quantitative estimate of drug-likeness (QED) is 0.0468. The number of hydrogen-bond acceptors (Lipinski definition) is 10. The molecule has 70 heteroatoms. The van der Waals surface area contributed by atoms with Gasteiger partial charge in [0.25, 0.3) is 0 Å². The van der Waals surface area contributed by atoms with Gasteiger partial charge in [-0.25, -0.2) is 0 Å². The molecule has 5 aliphatic carbocycles. The monoisotopic (exact) mass is 2670 g/mol. The van der Waals surface area contributed by atoms with Crippen molar-refractivity contribution in [3.63, 3.8) is 0 Å². The molecule has 0 spiro atoms. The van der Waals surface area contributed by atoms with Crippen LogP contribution in [0.4, 0.5) is 0 Å². The molecule has 0 aromatic carbocycles. The van der Waals surface area contributed by atoms with E-state index < -0.39 is 0 Å². The summed E-state index contributed by atoms with van der Waals surface area (Å²) < 4.78 is 0. The molecule has 20 nitrogen and oxygen atoms in total. The van der Waals surface area contributed by atoms with Crippen LogP contribution in [0.15, 0.2) is 0 Å². The van der Waals surface area contributed by atoms with Crippen molar-refractivity contribution in [3.8, 4) is 0 Å². The molecule has 100 heavy (non-hydrogen) atoms. The molecule has 5 aliphatic rings. The third-order valence-corrected chi connectivity index (χ3v) is 9.93. The zero-order valence-corrected chi connectivity index (χ0v) is 236. The summed E-state index contributed by atoms with van der Waals surface area (Å²) in [5.74, 6) is 0. The van der Waals surface area contributed by atoms with E-state index in [4.69, 9.17) is 27.7 Å². The maximum atomic E-state index is 9.77. The minimum atomic E-state index is 0. The van der Waals surface area contributed by atoms with E-state index in [0.717, 1.165) is 128 Å². The Balaban J connectivity index is -0.00000000579. The first-order valence-corrected chi connectivity index (χ1v) is 18.2. The van der Waals surface area contributed by atoms with Gasteiger partial charge in [-0.15, -0.1) is 0 Å². The summed E-state index contributed by atoms with van der Waals surface area (Å²) in [7, 11) is 0. The van der Waals surface area contributed by atoms with E-state index >= 15 is 0 Å². The van der Waals surface area contributed by atoms with Crippen LogP contribution >= 0.6 is 0 Å². The molecule has 285 valence electrons. The van der Waals surface area contributed by atoms with Crippen molar-refractivity contribution in [2.24, 2.45) is 0 Å². The van der Waals surface area contributed by atoms with Gasteiger partial charge in [0.2, 0.25) is 30.2 Å². The largest absolute Gasteiger partial charge is 1.00 e. The number of hydrogen-bond donors (Lipinski definition) is 5. The normalized spacial score (nSPS) is 10.2. The Kier molecular flexibility index (Phi) is 982. The van der Waals surface area contributed by atoms with Crippen molar-refractivity contribution in [1.82, 2.24) is 0 Å². The second-order valence-corrected chi connectivity index (χ2v) is 13.5. The number of nitrogens with zero attached hydrogens (tertiary/aromatic N) is 5. The van der Waals surface area contributed by atoms with E-state index in [2.05, 4.69) is 24.9 Å². The molecule has 5 fully saturated rings. The average Bonchev–Trinajstić information content (AvgIpc) is 3.21. The van der Waals surface area contributed by atoms with Gasteiger partial charge in [-0.3, -0.25) is 0 Å². The van der Waals surface area contributed by atoms with Gasteiger partial charge < -0.3 is 0 Å². The van der Waals surface area contributed by atoms with Crippen LogP contribution in [0.1, 0.15) is 161 Å². The average molecular weight is 2680 g/mol. The van der Waals surface area contributed by atoms with Crippen molar-refractivity contribution < 1.29 is 2640 Å². The standard InChI is InChI=1S/5C6H12N2O2.50K/c5*7-8(10-9)6-4-2-1-3-5-6;;;;;;;;;;;;;;;;;;;;;;;;;;;;;;;;;;;;;;;;;;;;;;;;;;/h5*6-7H,1-5H2;;;;;;;;;;;;;;;;;;;;;;;;;;;;;;;;;;;;;;;;;;;;;;;;;;/q55*+1. The van der Waals surface area contributed by atoms with Gasteiger partial charge in [-0.1, -0.05) is 32.1 Å². The summed E-state index contributed by atoms with van der Waals surface area (Å²) in [5.41, 5.74) is 35.1. The van der Waals surface area contributed by atoms with Crippen molar-refractivity contribution in [2.45, 2.75) is 191 Å². The maximum absolute atomic E-state index is 9.77. The summed E-state index contributed by atoms with van der Waals surface area (Å²) in [6, 6.07) is 0.168. The van der Waals surface area contributed by atoms with Crippen LogP contribution in [-0.4, -0.2) is 54.5 Å². The predicted molar refractivity (Wildman–Crippen MR) is 158 cm³/mol. The van der Waals surface area contributed by atoms with Gasteiger partial charge >= 0.3 is 2570 Å². The van der Waals surface area contributed by atoms with E-state index in [1.165, 1.54) is 32.1 Å². The van der Waals surface area contributed by atoms with Gasteiger partial charge in [-0.05, 0) is 117 Å². The van der Waals surface area contributed by atoms with E-state index in [1.807, 2.05) is 0 Å². The van der Waals surface area contributed by atoms with E-state index in [1.54, 1.807) is 0 Å². The zero-order valence-electron chi connectivity index (χ0n) is 79.4. The Bertz CT molecular complexity index is 879. The van der Waals surface area contributed by atoms with Gasteiger partial charge in [0.15, 0.2) is 0 Å². The van der Waals surface area contributed by atoms with Crippen LogP contribution in [0.3, 0.4) is 0 Å². The number of rotatable bonds is 10. The first kappa shape index (κ1) is 341. The molecule has 0 unspecified atom stereocenters. The summed E-state index contributed by atoms with van der Waals surface area (Å²) >= 11 is 0. The molecule has 0 aromatic rings. The molecule has 5 saturated carbocycles. The van der Waals surface area contributed by atoms with Crippen molar-refractivity contribution >= 4 is 0 Å². The summed E-state index contributed by atoms with van der Waals surface area (Å²) in [6.07, 6.45) is 26.5. The van der Waals surface area contributed by atoms with E-state index in [9.17, 15) is 26.3 Å². The summed E-state index contributed by atoms with van der Waals surface area (Å²) in [5, 5.41) is 48.8. The molecular formula is C30H60K50N10O10+55. The van der Waals surface area contributed by atoms with E-state index in [-0.39, 0.29) is 2600 Å². The van der Waals surface area contributed by atoms with Crippen molar-refractivity contribution in [2.75, 3.05) is 0 Å². The molecule has 0 saturated heterocycles. The fraction of sp³-hybridized carbons (Fsp3) is 1.00. The minimum Gasteiger partial charge on any atom is -0.0528 e. The Morgan fingerprint density at radius 3 is 0.250 bits per heavy atom. The van der Waals surface area contributed by atoms with Gasteiger partial charge in [0.05, 0.1) is 26.3 Å². The van der Waals surface area contributed by atoms with Crippen LogP contribution in [0.5, 0.6) is 0 Å². The smallest absolute Gasteiger partial charge is 0.0528 e. The fourth-order valence-corrected chi connectivity index (χ4v) is 6.88. The number of hydroxylamine groups is 5. The first-order chi connectivity index (χ1) is 24.2. The maximum Gasteiger partial charge on any atom is 1.00 e. The molecule has 5 radical (unpaired) electrons. The Morgan fingerprint density at radius 2 is 0.200 bits per heavy atom. The molecule has 5 N–H and O–H groups in total. The minimum absolute atomic E-state index is 0. The van der Waals surface area contributed by atoms with Gasteiger partial charge in [0, 0.05) is 64.2 Å². The molecule has 0 atom stereocenters. The van der Waals surface area contributed by atoms with Crippen LogP contribution < -0.4 is 2570 Å². The third kappa shape index (κ3) is 247. The summed E-state index contributed by atoms with van der Waals surface area (Å²) in [4.78, 5) is 21.1. The van der Waals surface area contributed by atoms with Crippen LogP contribution in [0, 0.1) is 27.7 Å². The molecular weight excluding hydrogens is 2620 g/mol. The second kappa shape index (κ2) is 288. The summed E-state index contributed by atoms with van der Waals surface area (Å²) in [6.45, 7) is 0. The Morgan fingerprint density at radius 1 is 0.140 bits per heavy atom. The second-order valence-electron chi connectivity index (χ2n) is 13.5. The molecule has 5 rings (SSSR count). The molecule has 0 amide bonds. The molecule has 0 aromatic heterocycles. The fourth-order valence-electron chi connectivity index (χ4n) is 6.88. The Labute approximate surface area is 2740 Å². The van der Waals surface area contributed by atoms with Crippen LogP contribution in [0.2, 0.25) is 0 Å². The predicted octanol–water partition coefficient (Wildman–Crippen LogP) is -142. The zero-order chi connectivity index (χ0) is 37.0. The van der Waals surface area contributed by atoms with Crippen LogP contribution in [0.25, 0.3) is 0 Å². The number of nitrogens with one attached hydrogen (secondary N) is 5. The molecule has 0 aliphatic heterocycles. The van der Waals surface area contributed by atoms with Gasteiger partial charge in [-0.2, -0.15) is 0 Å². The van der Waals surface area contributed by atoms with E-state index in [0.29, 0.717) is 24.3 Å².